The first-order valence-corrected chi connectivity index (χ1v) is 10.9. The molecule has 31 heavy (non-hydrogen) atoms. The fourth-order valence-corrected chi connectivity index (χ4v) is 3.91. The number of anilines is 2. The van der Waals surface area contributed by atoms with Crippen molar-refractivity contribution in [1.82, 2.24) is 0 Å². The molecule has 0 fully saturated rings. The van der Waals surface area contributed by atoms with E-state index in [4.69, 9.17) is 9.47 Å². The van der Waals surface area contributed by atoms with Gasteiger partial charge in [0.15, 0.2) is 11.5 Å². The van der Waals surface area contributed by atoms with Gasteiger partial charge in [-0.1, -0.05) is 24.3 Å². The second-order valence-electron chi connectivity index (χ2n) is 6.99. The topological polar surface area (TPSA) is 76.7 Å². The highest BCUT2D eigenvalue weighted by atomic mass is 32.2. The summed E-state index contributed by atoms with van der Waals surface area (Å²) in [6.45, 7) is 2.93. The molecule has 4 rings (SSSR count). The Bertz CT molecular complexity index is 1120. The van der Waals surface area contributed by atoms with Gasteiger partial charge in [-0.05, 0) is 48.9 Å². The van der Waals surface area contributed by atoms with Gasteiger partial charge in [0.25, 0.3) is 5.91 Å². The molecule has 2 N–H and O–H groups in total. The number of fused-ring (bicyclic) bond motifs is 1. The summed E-state index contributed by atoms with van der Waals surface area (Å²) in [4.78, 5) is 25.8. The summed E-state index contributed by atoms with van der Waals surface area (Å²) in [7, 11) is 0. The van der Waals surface area contributed by atoms with Gasteiger partial charge in [0.1, 0.15) is 13.2 Å². The highest BCUT2D eigenvalue weighted by molar-refractivity contribution is 8.00. The van der Waals surface area contributed by atoms with Crippen molar-refractivity contribution in [3.63, 3.8) is 0 Å². The zero-order chi connectivity index (χ0) is 21.6. The van der Waals surface area contributed by atoms with E-state index in [-0.39, 0.29) is 17.6 Å². The van der Waals surface area contributed by atoms with Crippen LogP contribution in [0.1, 0.15) is 15.9 Å². The fourth-order valence-electron chi connectivity index (χ4n) is 3.16. The molecule has 0 atom stereocenters. The van der Waals surface area contributed by atoms with Gasteiger partial charge in [-0.3, -0.25) is 9.59 Å². The summed E-state index contributed by atoms with van der Waals surface area (Å²) < 4.78 is 11.0. The Morgan fingerprint density at radius 2 is 1.65 bits per heavy atom. The Morgan fingerprint density at radius 1 is 0.871 bits per heavy atom. The van der Waals surface area contributed by atoms with Crippen molar-refractivity contribution in [3.8, 4) is 11.5 Å². The Balaban J connectivity index is 1.33. The molecule has 7 heteroatoms. The molecule has 1 aliphatic heterocycles. The molecule has 6 nitrogen and oxygen atoms in total. The molecule has 2 amide bonds. The molecule has 158 valence electrons. The van der Waals surface area contributed by atoms with Crippen LogP contribution in [0.2, 0.25) is 0 Å². The smallest absolute Gasteiger partial charge is 0.255 e. The van der Waals surface area contributed by atoms with Gasteiger partial charge < -0.3 is 20.1 Å². The molecule has 0 radical (unpaired) electrons. The molecule has 3 aromatic rings. The van der Waals surface area contributed by atoms with Crippen LogP contribution in [0.3, 0.4) is 0 Å². The molecule has 1 heterocycles. The number of hydrogen-bond donors (Lipinski definition) is 2. The number of hydrogen-bond acceptors (Lipinski definition) is 5. The first kappa shape index (κ1) is 20.8. The molecule has 0 aliphatic carbocycles. The van der Waals surface area contributed by atoms with Gasteiger partial charge in [0, 0.05) is 27.9 Å². The normalized spacial score (nSPS) is 12.2. The summed E-state index contributed by atoms with van der Waals surface area (Å²) in [5.41, 5.74) is 2.90. The molecule has 0 aromatic heterocycles. The standard InChI is InChI=1S/C24H22N2O4S/c1-16-5-2-3-8-20(16)24(28)26-17-6-4-7-19(13-17)31-15-23(27)25-18-9-10-21-22(14-18)30-12-11-29-21/h2-10,13-14H,11-12,15H2,1H3,(H,25,27)(H,26,28). The number of amides is 2. The van der Waals surface area contributed by atoms with Gasteiger partial charge in [-0.25, -0.2) is 0 Å². The maximum atomic E-state index is 12.5. The zero-order valence-corrected chi connectivity index (χ0v) is 17.8. The number of nitrogens with one attached hydrogen (secondary N) is 2. The van der Waals surface area contributed by atoms with Crippen molar-refractivity contribution in [2.75, 3.05) is 29.6 Å². The van der Waals surface area contributed by atoms with Crippen molar-refractivity contribution in [2.24, 2.45) is 0 Å². The van der Waals surface area contributed by atoms with Gasteiger partial charge in [0.2, 0.25) is 5.91 Å². The lowest BCUT2D eigenvalue weighted by Crippen LogP contribution is -2.17. The lowest BCUT2D eigenvalue weighted by atomic mass is 10.1. The number of rotatable bonds is 6. The van der Waals surface area contributed by atoms with Crippen LogP contribution in [0.15, 0.2) is 71.6 Å². The number of benzene rings is 3. The van der Waals surface area contributed by atoms with Gasteiger partial charge in [-0.15, -0.1) is 11.8 Å². The van der Waals surface area contributed by atoms with Crippen molar-refractivity contribution in [3.05, 3.63) is 77.9 Å². The van der Waals surface area contributed by atoms with E-state index in [1.165, 1.54) is 11.8 Å². The molecule has 0 saturated heterocycles. The lowest BCUT2D eigenvalue weighted by Gasteiger charge is -2.19. The first-order chi connectivity index (χ1) is 15.1. The Kier molecular flexibility index (Phi) is 6.43. The molecular formula is C24H22N2O4S. The third-order valence-corrected chi connectivity index (χ3v) is 5.67. The number of aryl methyl sites for hydroxylation is 1. The van der Waals surface area contributed by atoms with Crippen molar-refractivity contribution in [1.29, 1.82) is 0 Å². The Morgan fingerprint density at radius 3 is 2.48 bits per heavy atom. The molecule has 0 saturated carbocycles. The molecule has 0 bridgehead atoms. The summed E-state index contributed by atoms with van der Waals surface area (Å²) in [5, 5.41) is 5.79. The molecule has 0 unspecified atom stereocenters. The van der Waals surface area contributed by atoms with Crippen LogP contribution in [0.4, 0.5) is 11.4 Å². The largest absolute Gasteiger partial charge is 0.486 e. The van der Waals surface area contributed by atoms with Crippen LogP contribution in [0, 0.1) is 6.92 Å². The van der Waals surface area contributed by atoms with E-state index >= 15 is 0 Å². The van der Waals surface area contributed by atoms with Crippen LogP contribution < -0.4 is 20.1 Å². The second kappa shape index (κ2) is 9.57. The summed E-state index contributed by atoms with van der Waals surface area (Å²) in [5.74, 6) is 1.27. The third-order valence-electron chi connectivity index (χ3n) is 4.68. The second-order valence-corrected chi connectivity index (χ2v) is 8.04. The van der Waals surface area contributed by atoms with Crippen molar-refractivity contribution < 1.29 is 19.1 Å². The molecular weight excluding hydrogens is 412 g/mol. The van der Waals surface area contributed by atoms with Gasteiger partial charge in [0.05, 0.1) is 5.75 Å². The van der Waals surface area contributed by atoms with Gasteiger partial charge >= 0.3 is 0 Å². The predicted octanol–water partition coefficient (Wildman–Crippen LogP) is 4.75. The van der Waals surface area contributed by atoms with Crippen LogP contribution in [0.25, 0.3) is 0 Å². The summed E-state index contributed by atoms with van der Waals surface area (Å²) in [6, 6.07) is 20.2. The highest BCUT2D eigenvalue weighted by Gasteiger charge is 2.13. The zero-order valence-electron chi connectivity index (χ0n) is 17.0. The van der Waals surface area contributed by atoms with Crippen LogP contribution >= 0.6 is 11.8 Å². The Hall–Kier alpha value is -3.45. The quantitative estimate of drug-likeness (QED) is 0.548. The van der Waals surface area contributed by atoms with Crippen LogP contribution in [-0.4, -0.2) is 30.8 Å². The fraction of sp³-hybridized carbons (Fsp3) is 0.167. The summed E-state index contributed by atoms with van der Waals surface area (Å²) >= 11 is 1.40. The van der Waals surface area contributed by atoms with E-state index < -0.39 is 0 Å². The minimum Gasteiger partial charge on any atom is -0.486 e. The number of carbonyl (C=O) groups is 2. The maximum Gasteiger partial charge on any atom is 0.255 e. The van der Waals surface area contributed by atoms with E-state index in [1.807, 2.05) is 49.4 Å². The van der Waals surface area contributed by atoms with Crippen molar-refractivity contribution in [2.45, 2.75) is 11.8 Å². The highest BCUT2D eigenvalue weighted by Crippen LogP contribution is 2.32. The van der Waals surface area contributed by atoms with Crippen molar-refractivity contribution >= 4 is 35.0 Å². The minimum atomic E-state index is -0.156. The number of carbonyl (C=O) groups excluding carboxylic acids is 2. The van der Waals surface area contributed by atoms with Gasteiger partial charge in [-0.2, -0.15) is 0 Å². The predicted molar refractivity (Wildman–Crippen MR) is 122 cm³/mol. The maximum absolute atomic E-state index is 12.5. The molecule has 1 aliphatic rings. The average molecular weight is 435 g/mol. The van der Waals surface area contributed by atoms with Crippen LogP contribution in [0.5, 0.6) is 11.5 Å². The van der Waals surface area contributed by atoms with E-state index in [1.54, 1.807) is 24.3 Å². The van der Waals surface area contributed by atoms with E-state index in [0.29, 0.717) is 41.7 Å². The monoisotopic (exact) mass is 434 g/mol. The van der Waals surface area contributed by atoms with E-state index in [2.05, 4.69) is 10.6 Å². The molecule has 3 aromatic carbocycles. The van der Waals surface area contributed by atoms with E-state index in [9.17, 15) is 9.59 Å². The minimum absolute atomic E-state index is 0.129. The van der Waals surface area contributed by atoms with E-state index in [0.717, 1.165) is 10.5 Å². The lowest BCUT2D eigenvalue weighted by molar-refractivity contribution is -0.113. The average Bonchev–Trinajstić information content (AvgIpc) is 2.78. The molecule has 0 spiro atoms. The SMILES string of the molecule is Cc1ccccc1C(=O)Nc1cccc(SCC(=O)Nc2ccc3c(c2)OCCO3)c1. The summed E-state index contributed by atoms with van der Waals surface area (Å²) in [6.07, 6.45) is 0. The number of ether oxygens (including phenoxy) is 2. The van der Waals surface area contributed by atoms with Crippen LogP contribution in [-0.2, 0) is 4.79 Å². The Labute approximate surface area is 185 Å². The first-order valence-electron chi connectivity index (χ1n) is 9.88. The number of thioether (sulfide) groups is 1. The third kappa shape index (κ3) is 5.38.